The standard InChI is InChI=1S/C15H19F2NO/c1-4-18(5-2)13(19)14(10-15(14,16)17)12-8-6-7-11(3)9-12/h6-9H,4-5,10H2,1-3H3. The fourth-order valence-electron chi connectivity index (χ4n) is 2.65. The van der Waals surface area contributed by atoms with E-state index in [-0.39, 0.29) is 6.42 Å². The van der Waals surface area contributed by atoms with Crippen LogP contribution in [0.25, 0.3) is 0 Å². The second kappa shape index (κ2) is 4.58. The Morgan fingerprint density at radius 1 is 1.32 bits per heavy atom. The minimum atomic E-state index is -2.93. The Morgan fingerprint density at radius 2 is 1.89 bits per heavy atom. The van der Waals surface area contributed by atoms with E-state index in [4.69, 9.17) is 0 Å². The number of alkyl halides is 2. The third-order valence-corrected chi connectivity index (χ3v) is 3.91. The monoisotopic (exact) mass is 267 g/mol. The van der Waals surface area contributed by atoms with Crippen molar-refractivity contribution >= 4 is 5.91 Å². The van der Waals surface area contributed by atoms with Crippen molar-refractivity contribution in [3.63, 3.8) is 0 Å². The lowest BCUT2D eigenvalue weighted by atomic mass is 9.92. The molecule has 0 bridgehead atoms. The van der Waals surface area contributed by atoms with Gasteiger partial charge in [-0.25, -0.2) is 8.78 Å². The van der Waals surface area contributed by atoms with E-state index in [0.29, 0.717) is 18.7 Å². The maximum Gasteiger partial charge on any atom is 0.268 e. The van der Waals surface area contributed by atoms with Gasteiger partial charge in [-0.15, -0.1) is 0 Å². The molecule has 19 heavy (non-hydrogen) atoms. The normalized spacial score (nSPS) is 24.1. The van der Waals surface area contributed by atoms with E-state index in [2.05, 4.69) is 0 Å². The molecule has 1 atom stereocenters. The average molecular weight is 267 g/mol. The smallest absolute Gasteiger partial charge is 0.268 e. The van der Waals surface area contributed by atoms with Crippen molar-refractivity contribution in [1.82, 2.24) is 4.90 Å². The fourth-order valence-corrected chi connectivity index (χ4v) is 2.65. The Balaban J connectivity index is 2.44. The van der Waals surface area contributed by atoms with E-state index >= 15 is 0 Å². The number of nitrogens with zero attached hydrogens (tertiary/aromatic N) is 1. The molecule has 1 aliphatic rings. The average Bonchev–Trinajstić information content (AvgIpc) is 2.95. The summed E-state index contributed by atoms with van der Waals surface area (Å²) in [7, 11) is 0. The van der Waals surface area contributed by atoms with Crippen LogP contribution in [-0.2, 0) is 10.2 Å². The number of likely N-dealkylation sites (N-methyl/N-ethyl adjacent to an activating group) is 1. The van der Waals surface area contributed by atoms with Crippen molar-refractivity contribution in [3.8, 4) is 0 Å². The molecule has 1 aromatic rings. The molecule has 0 aliphatic heterocycles. The number of amides is 1. The minimum Gasteiger partial charge on any atom is -0.342 e. The summed E-state index contributed by atoms with van der Waals surface area (Å²) in [5, 5.41) is 0. The van der Waals surface area contributed by atoms with Crippen molar-refractivity contribution in [2.24, 2.45) is 0 Å². The Hall–Kier alpha value is -1.45. The first-order valence-corrected chi connectivity index (χ1v) is 6.63. The van der Waals surface area contributed by atoms with Crippen molar-refractivity contribution in [3.05, 3.63) is 35.4 Å². The maximum absolute atomic E-state index is 13.9. The number of rotatable bonds is 4. The molecule has 0 saturated heterocycles. The number of hydrogen-bond donors (Lipinski definition) is 0. The molecule has 1 unspecified atom stereocenters. The van der Waals surface area contributed by atoms with Crippen LogP contribution in [0.3, 0.4) is 0 Å². The van der Waals surface area contributed by atoms with Crippen LogP contribution in [0.2, 0.25) is 0 Å². The number of halogens is 2. The summed E-state index contributed by atoms with van der Waals surface area (Å²) in [6, 6.07) is 6.91. The van der Waals surface area contributed by atoms with Gasteiger partial charge < -0.3 is 4.90 Å². The van der Waals surface area contributed by atoms with Gasteiger partial charge in [0.25, 0.3) is 5.92 Å². The van der Waals surface area contributed by atoms with Gasteiger partial charge in [0.15, 0.2) is 0 Å². The molecular formula is C15H19F2NO. The molecule has 0 radical (unpaired) electrons. The highest BCUT2D eigenvalue weighted by atomic mass is 19.3. The summed E-state index contributed by atoms with van der Waals surface area (Å²) >= 11 is 0. The zero-order chi connectivity index (χ0) is 14.3. The van der Waals surface area contributed by atoms with Gasteiger partial charge in [-0.3, -0.25) is 4.79 Å². The molecule has 1 amide bonds. The van der Waals surface area contributed by atoms with Gasteiger partial charge in [0.1, 0.15) is 5.41 Å². The van der Waals surface area contributed by atoms with Crippen molar-refractivity contribution in [2.45, 2.75) is 38.5 Å². The summed E-state index contributed by atoms with van der Waals surface area (Å²) in [4.78, 5) is 14.0. The van der Waals surface area contributed by atoms with E-state index in [1.54, 1.807) is 18.2 Å². The first-order valence-electron chi connectivity index (χ1n) is 6.63. The number of hydrogen-bond acceptors (Lipinski definition) is 1. The highest BCUT2D eigenvalue weighted by Gasteiger charge is 2.77. The predicted octanol–water partition coefficient (Wildman–Crippen LogP) is 3.14. The van der Waals surface area contributed by atoms with Gasteiger partial charge in [-0.2, -0.15) is 0 Å². The molecule has 1 aromatic carbocycles. The number of carbonyl (C=O) groups is 1. The third-order valence-electron chi connectivity index (χ3n) is 3.91. The van der Waals surface area contributed by atoms with E-state index in [1.807, 2.05) is 26.8 Å². The summed E-state index contributed by atoms with van der Waals surface area (Å²) in [6.45, 7) is 6.38. The molecule has 0 spiro atoms. The molecule has 1 aliphatic carbocycles. The van der Waals surface area contributed by atoms with E-state index in [1.165, 1.54) is 4.90 Å². The molecule has 0 N–H and O–H groups in total. The van der Waals surface area contributed by atoms with Gasteiger partial charge in [-0.1, -0.05) is 29.8 Å². The van der Waals surface area contributed by atoms with Crippen LogP contribution in [0.15, 0.2) is 24.3 Å². The van der Waals surface area contributed by atoms with Crippen LogP contribution in [0, 0.1) is 6.92 Å². The molecule has 2 rings (SSSR count). The van der Waals surface area contributed by atoms with Crippen LogP contribution in [-0.4, -0.2) is 29.8 Å². The summed E-state index contributed by atoms with van der Waals surface area (Å²) in [5.74, 6) is -3.38. The number of carbonyl (C=O) groups excluding carboxylic acids is 1. The zero-order valence-electron chi connectivity index (χ0n) is 11.5. The Morgan fingerprint density at radius 3 is 2.32 bits per heavy atom. The lowest BCUT2D eigenvalue weighted by molar-refractivity contribution is -0.136. The Kier molecular flexibility index (Phi) is 3.37. The van der Waals surface area contributed by atoms with Crippen LogP contribution < -0.4 is 0 Å². The quantitative estimate of drug-likeness (QED) is 0.820. The van der Waals surface area contributed by atoms with E-state index in [0.717, 1.165) is 5.56 Å². The van der Waals surface area contributed by atoms with Crippen molar-refractivity contribution in [1.29, 1.82) is 0 Å². The third kappa shape index (κ3) is 2.03. The van der Waals surface area contributed by atoms with Crippen LogP contribution in [0.4, 0.5) is 8.78 Å². The highest BCUT2D eigenvalue weighted by Crippen LogP contribution is 2.62. The molecule has 0 heterocycles. The highest BCUT2D eigenvalue weighted by molar-refractivity contribution is 5.93. The topological polar surface area (TPSA) is 20.3 Å². The second-order valence-electron chi connectivity index (χ2n) is 5.13. The Labute approximate surface area is 112 Å². The Bertz CT molecular complexity index is 497. The minimum absolute atomic E-state index is 0.376. The van der Waals surface area contributed by atoms with Crippen LogP contribution in [0.5, 0.6) is 0 Å². The number of benzene rings is 1. The van der Waals surface area contributed by atoms with Gasteiger partial charge >= 0.3 is 0 Å². The molecule has 104 valence electrons. The van der Waals surface area contributed by atoms with E-state index in [9.17, 15) is 13.6 Å². The lowest BCUT2D eigenvalue weighted by Crippen LogP contribution is -2.42. The fraction of sp³-hybridized carbons (Fsp3) is 0.533. The van der Waals surface area contributed by atoms with Gasteiger partial charge in [0, 0.05) is 19.5 Å². The first-order chi connectivity index (χ1) is 8.89. The largest absolute Gasteiger partial charge is 0.342 e. The van der Waals surface area contributed by atoms with Gasteiger partial charge in [-0.05, 0) is 26.3 Å². The van der Waals surface area contributed by atoms with Crippen LogP contribution >= 0.6 is 0 Å². The van der Waals surface area contributed by atoms with Crippen LogP contribution in [0.1, 0.15) is 31.4 Å². The molecular weight excluding hydrogens is 248 g/mol. The van der Waals surface area contributed by atoms with Gasteiger partial charge in [0.2, 0.25) is 5.91 Å². The molecule has 2 nitrogen and oxygen atoms in total. The lowest BCUT2D eigenvalue weighted by Gasteiger charge is -2.25. The molecule has 4 heteroatoms. The SMILES string of the molecule is CCN(CC)C(=O)C1(c2cccc(C)c2)CC1(F)F. The van der Waals surface area contributed by atoms with E-state index < -0.39 is 17.2 Å². The molecule has 0 aromatic heterocycles. The number of aryl methyl sites for hydroxylation is 1. The van der Waals surface area contributed by atoms with Crippen molar-refractivity contribution in [2.75, 3.05) is 13.1 Å². The maximum atomic E-state index is 13.9. The first kappa shape index (κ1) is 14.0. The molecule has 1 fully saturated rings. The predicted molar refractivity (Wildman–Crippen MR) is 70.3 cm³/mol. The van der Waals surface area contributed by atoms with Crippen molar-refractivity contribution < 1.29 is 13.6 Å². The summed E-state index contributed by atoms with van der Waals surface area (Å²) in [6.07, 6.45) is -0.376. The van der Waals surface area contributed by atoms with Gasteiger partial charge in [0.05, 0.1) is 0 Å². The zero-order valence-corrected chi connectivity index (χ0v) is 11.5. The summed E-state index contributed by atoms with van der Waals surface area (Å²) in [5.41, 5.74) is -0.299. The second-order valence-corrected chi connectivity index (χ2v) is 5.13. The molecule has 1 saturated carbocycles. The summed E-state index contributed by atoms with van der Waals surface area (Å²) < 4.78 is 27.8.